The molecule has 1 unspecified atom stereocenters. The van der Waals surface area contributed by atoms with Crippen molar-refractivity contribution in [2.75, 3.05) is 7.11 Å². The van der Waals surface area contributed by atoms with Gasteiger partial charge in [-0.05, 0) is 42.5 Å². The second-order valence-corrected chi connectivity index (χ2v) is 8.17. The predicted molar refractivity (Wildman–Crippen MR) is 119 cm³/mol. The highest BCUT2D eigenvalue weighted by Gasteiger charge is 2.39. The Kier molecular flexibility index (Phi) is 6.76. The van der Waals surface area contributed by atoms with Crippen LogP contribution in [0.1, 0.15) is 49.0 Å². The molecule has 29 heavy (non-hydrogen) atoms. The quantitative estimate of drug-likeness (QED) is 0.426. The number of nitrogens with one attached hydrogen (secondary N) is 1. The lowest BCUT2D eigenvalue weighted by Gasteiger charge is -2.37. The molecule has 3 rings (SSSR count). The summed E-state index contributed by atoms with van der Waals surface area (Å²) in [5.41, 5.74) is 2.93. The Hall–Kier alpha value is -2.17. The largest absolute Gasteiger partial charge is 0.465 e. The number of nitrogens with zero attached hydrogens (tertiary/aromatic N) is 1. The van der Waals surface area contributed by atoms with E-state index in [9.17, 15) is 4.79 Å². The van der Waals surface area contributed by atoms with Gasteiger partial charge in [-0.15, -0.1) is 0 Å². The standard InChI is InChI=1S/C23H26Cl2N2O2/c1-4-5-13-23(2)26-20(24)21(25)27(23)15-16-11-12-18(17-9-7-6-8-10-17)19(14-16)22(28)29-3/h6-12,14,26H,4-5,13,15H2,1-3H3. The number of rotatable bonds is 7. The number of hydrogen-bond donors (Lipinski definition) is 1. The highest BCUT2D eigenvalue weighted by molar-refractivity contribution is 6.39. The molecular formula is C23H26Cl2N2O2. The van der Waals surface area contributed by atoms with E-state index in [4.69, 9.17) is 27.9 Å². The van der Waals surface area contributed by atoms with Crippen LogP contribution in [0, 0.1) is 0 Å². The van der Waals surface area contributed by atoms with Gasteiger partial charge in [0.05, 0.1) is 12.7 Å². The minimum Gasteiger partial charge on any atom is -0.465 e. The Balaban J connectivity index is 1.95. The molecule has 1 aliphatic heterocycles. The molecule has 6 heteroatoms. The third kappa shape index (κ3) is 4.54. The van der Waals surface area contributed by atoms with Gasteiger partial charge in [-0.2, -0.15) is 0 Å². The van der Waals surface area contributed by atoms with Gasteiger partial charge in [-0.1, -0.05) is 79.0 Å². The minimum absolute atomic E-state index is 0.362. The molecule has 1 N–H and O–H groups in total. The number of hydrogen-bond acceptors (Lipinski definition) is 4. The lowest BCUT2D eigenvalue weighted by atomic mass is 9.96. The highest BCUT2D eigenvalue weighted by Crippen LogP contribution is 2.37. The first-order chi connectivity index (χ1) is 13.9. The van der Waals surface area contributed by atoms with E-state index in [0.717, 1.165) is 36.0 Å². The van der Waals surface area contributed by atoms with Crippen molar-refractivity contribution in [2.24, 2.45) is 0 Å². The molecule has 0 aromatic heterocycles. The number of esters is 1. The molecule has 2 aromatic carbocycles. The summed E-state index contributed by atoms with van der Waals surface area (Å²) < 4.78 is 5.03. The molecule has 2 aromatic rings. The van der Waals surface area contributed by atoms with Crippen LogP contribution in [-0.4, -0.2) is 23.6 Å². The van der Waals surface area contributed by atoms with Crippen LogP contribution >= 0.6 is 23.2 Å². The second-order valence-electron chi connectivity index (χ2n) is 7.43. The predicted octanol–water partition coefficient (Wildman–Crippen LogP) is 6.06. The van der Waals surface area contributed by atoms with Gasteiger partial charge in [-0.3, -0.25) is 0 Å². The van der Waals surface area contributed by atoms with Crippen LogP contribution in [0.15, 0.2) is 58.8 Å². The zero-order chi connectivity index (χ0) is 21.0. The Morgan fingerprint density at radius 3 is 2.55 bits per heavy atom. The van der Waals surface area contributed by atoms with Gasteiger partial charge >= 0.3 is 5.97 Å². The molecule has 0 fully saturated rings. The fourth-order valence-corrected chi connectivity index (χ4v) is 4.27. The normalized spacial score (nSPS) is 18.7. The summed E-state index contributed by atoms with van der Waals surface area (Å²) in [6.07, 6.45) is 3.04. The molecule has 1 atom stereocenters. The van der Waals surface area contributed by atoms with Crippen molar-refractivity contribution in [3.8, 4) is 11.1 Å². The van der Waals surface area contributed by atoms with Crippen LogP contribution in [0.4, 0.5) is 0 Å². The maximum absolute atomic E-state index is 12.5. The fourth-order valence-electron chi connectivity index (χ4n) is 3.67. The average Bonchev–Trinajstić information content (AvgIpc) is 2.95. The number of ether oxygens (including phenoxy) is 1. The summed E-state index contributed by atoms with van der Waals surface area (Å²) in [5, 5.41) is 4.27. The van der Waals surface area contributed by atoms with Crippen molar-refractivity contribution in [1.29, 1.82) is 0 Å². The van der Waals surface area contributed by atoms with Crippen molar-refractivity contribution in [2.45, 2.75) is 45.3 Å². The molecule has 0 amide bonds. The zero-order valence-electron chi connectivity index (χ0n) is 17.0. The smallest absolute Gasteiger partial charge is 0.338 e. The monoisotopic (exact) mass is 432 g/mol. The maximum atomic E-state index is 12.5. The molecule has 0 spiro atoms. The van der Waals surface area contributed by atoms with Crippen molar-refractivity contribution in [3.63, 3.8) is 0 Å². The molecule has 0 aliphatic carbocycles. The number of carbonyl (C=O) groups excluding carboxylic acids is 1. The van der Waals surface area contributed by atoms with Crippen LogP contribution in [0.2, 0.25) is 0 Å². The van der Waals surface area contributed by atoms with E-state index in [0.29, 0.717) is 22.4 Å². The van der Waals surface area contributed by atoms with E-state index in [1.807, 2.05) is 48.5 Å². The molecule has 0 saturated carbocycles. The first-order valence-electron chi connectivity index (χ1n) is 9.77. The number of carbonyl (C=O) groups is 1. The van der Waals surface area contributed by atoms with E-state index in [2.05, 4.69) is 24.1 Å². The third-order valence-electron chi connectivity index (χ3n) is 5.32. The van der Waals surface area contributed by atoms with Gasteiger partial charge in [0.2, 0.25) is 0 Å². The van der Waals surface area contributed by atoms with Gasteiger partial charge in [0.1, 0.15) is 16.0 Å². The molecule has 0 radical (unpaired) electrons. The van der Waals surface area contributed by atoms with E-state index < -0.39 is 0 Å². The topological polar surface area (TPSA) is 41.6 Å². The molecular weight excluding hydrogens is 407 g/mol. The maximum Gasteiger partial charge on any atom is 0.338 e. The molecule has 0 saturated heterocycles. The second kappa shape index (κ2) is 9.10. The van der Waals surface area contributed by atoms with Crippen LogP contribution in [-0.2, 0) is 11.3 Å². The van der Waals surface area contributed by atoms with Crippen molar-refractivity contribution in [3.05, 3.63) is 70.0 Å². The summed E-state index contributed by atoms with van der Waals surface area (Å²) in [4.78, 5) is 14.5. The molecule has 1 aliphatic rings. The summed E-state index contributed by atoms with van der Waals surface area (Å²) >= 11 is 12.8. The number of unbranched alkanes of at least 4 members (excludes halogenated alkanes) is 1. The Morgan fingerprint density at radius 1 is 1.17 bits per heavy atom. The van der Waals surface area contributed by atoms with E-state index in [-0.39, 0.29) is 11.6 Å². The Morgan fingerprint density at radius 2 is 1.90 bits per heavy atom. The number of halogens is 2. The van der Waals surface area contributed by atoms with Gasteiger partial charge < -0.3 is 15.0 Å². The van der Waals surface area contributed by atoms with Gasteiger partial charge in [0.15, 0.2) is 0 Å². The summed E-state index contributed by atoms with van der Waals surface area (Å²) in [6.45, 7) is 4.78. The molecule has 154 valence electrons. The first kappa shape index (κ1) is 21.5. The van der Waals surface area contributed by atoms with E-state index in [1.54, 1.807) is 0 Å². The Bertz CT molecular complexity index is 914. The first-order valence-corrected chi connectivity index (χ1v) is 10.5. The average molecular weight is 433 g/mol. The van der Waals surface area contributed by atoms with Crippen LogP contribution in [0.25, 0.3) is 11.1 Å². The van der Waals surface area contributed by atoms with Crippen LogP contribution in [0.5, 0.6) is 0 Å². The number of methoxy groups -OCH3 is 1. The van der Waals surface area contributed by atoms with Gasteiger partial charge in [0, 0.05) is 6.54 Å². The summed E-state index contributed by atoms with van der Waals surface area (Å²) in [5.74, 6) is -0.362. The molecule has 1 heterocycles. The van der Waals surface area contributed by atoms with Gasteiger partial charge in [0.25, 0.3) is 0 Å². The van der Waals surface area contributed by atoms with Crippen molar-refractivity contribution < 1.29 is 9.53 Å². The summed E-state index contributed by atoms with van der Waals surface area (Å²) in [7, 11) is 1.40. The van der Waals surface area contributed by atoms with Gasteiger partial charge in [-0.25, -0.2) is 4.79 Å². The van der Waals surface area contributed by atoms with Crippen LogP contribution in [0.3, 0.4) is 0 Å². The molecule has 4 nitrogen and oxygen atoms in total. The van der Waals surface area contributed by atoms with E-state index in [1.165, 1.54) is 7.11 Å². The van der Waals surface area contributed by atoms with Crippen molar-refractivity contribution >= 4 is 29.2 Å². The van der Waals surface area contributed by atoms with Crippen LogP contribution < -0.4 is 5.32 Å². The third-order valence-corrected chi connectivity index (χ3v) is 6.09. The minimum atomic E-state index is -0.367. The lowest BCUT2D eigenvalue weighted by molar-refractivity contribution is 0.0601. The molecule has 0 bridgehead atoms. The highest BCUT2D eigenvalue weighted by atomic mass is 35.5. The number of benzene rings is 2. The Labute approximate surface area is 182 Å². The fraction of sp³-hybridized carbons (Fsp3) is 0.348. The van der Waals surface area contributed by atoms with E-state index >= 15 is 0 Å². The zero-order valence-corrected chi connectivity index (χ0v) is 18.5. The van der Waals surface area contributed by atoms with Crippen molar-refractivity contribution in [1.82, 2.24) is 10.2 Å². The SMILES string of the molecule is CCCCC1(C)NC(Cl)=C(Cl)N1Cc1ccc(-c2ccccc2)c(C(=O)OC)c1. The lowest BCUT2D eigenvalue weighted by Crippen LogP contribution is -2.49. The summed E-state index contributed by atoms with van der Waals surface area (Å²) in [6, 6.07) is 15.7.